The molecule has 0 aliphatic carbocycles. The lowest BCUT2D eigenvalue weighted by atomic mass is 10.1. The maximum atomic E-state index is 12.2. The molecule has 0 atom stereocenters. The van der Waals surface area contributed by atoms with Gasteiger partial charge in [0, 0.05) is 42.9 Å². The van der Waals surface area contributed by atoms with E-state index in [-0.39, 0.29) is 5.91 Å². The fourth-order valence-corrected chi connectivity index (χ4v) is 3.72. The smallest absolute Gasteiger partial charge is 0.230 e. The SMILES string of the molecule is CC(C)c1cnc(NC(=O)Cc2ccc(NCCN3CCOCC3)cc2)s1. The van der Waals surface area contributed by atoms with Crippen molar-refractivity contribution in [2.45, 2.75) is 26.2 Å². The van der Waals surface area contributed by atoms with Gasteiger partial charge in [-0.3, -0.25) is 9.69 Å². The molecule has 0 spiro atoms. The number of amides is 1. The molecule has 27 heavy (non-hydrogen) atoms. The Balaban J connectivity index is 1.41. The molecule has 0 radical (unpaired) electrons. The highest BCUT2D eigenvalue weighted by Gasteiger charge is 2.10. The van der Waals surface area contributed by atoms with E-state index in [0.717, 1.165) is 50.6 Å². The van der Waals surface area contributed by atoms with Crippen LogP contribution in [-0.2, 0) is 16.0 Å². The van der Waals surface area contributed by atoms with Gasteiger partial charge in [-0.1, -0.05) is 26.0 Å². The predicted molar refractivity (Wildman–Crippen MR) is 111 cm³/mol. The van der Waals surface area contributed by atoms with E-state index in [1.54, 1.807) is 0 Å². The predicted octanol–water partition coefficient (Wildman–Crippen LogP) is 3.19. The van der Waals surface area contributed by atoms with Crippen molar-refractivity contribution in [3.8, 4) is 0 Å². The highest BCUT2D eigenvalue weighted by atomic mass is 32.1. The zero-order valence-corrected chi connectivity index (χ0v) is 16.8. The van der Waals surface area contributed by atoms with E-state index in [2.05, 4.69) is 34.4 Å². The van der Waals surface area contributed by atoms with Crippen molar-refractivity contribution in [2.24, 2.45) is 0 Å². The highest BCUT2D eigenvalue weighted by Crippen LogP contribution is 2.25. The fraction of sp³-hybridized carbons (Fsp3) is 0.500. The standard InChI is InChI=1S/C20H28N4O2S/c1-15(2)18-14-22-20(27-18)23-19(25)13-16-3-5-17(6-4-16)21-7-8-24-9-11-26-12-10-24/h3-6,14-15,21H,7-13H2,1-2H3,(H,22,23,25). The summed E-state index contributed by atoms with van der Waals surface area (Å²) in [6, 6.07) is 8.06. The zero-order chi connectivity index (χ0) is 19.1. The molecule has 6 nitrogen and oxygen atoms in total. The molecule has 0 bridgehead atoms. The summed E-state index contributed by atoms with van der Waals surface area (Å²) < 4.78 is 5.36. The monoisotopic (exact) mass is 388 g/mol. The second-order valence-corrected chi connectivity index (χ2v) is 8.09. The molecule has 1 aliphatic rings. The van der Waals surface area contributed by atoms with Gasteiger partial charge in [0.25, 0.3) is 0 Å². The van der Waals surface area contributed by atoms with Crippen LogP contribution in [0.3, 0.4) is 0 Å². The maximum Gasteiger partial charge on any atom is 0.230 e. The molecule has 0 unspecified atom stereocenters. The molecular formula is C20H28N4O2S. The van der Waals surface area contributed by atoms with Crippen LogP contribution >= 0.6 is 11.3 Å². The Morgan fingerprint density at radius 3 is 2.67 bits per heavy atom. The van der Waals surface area contributed by atoms with Gasteiger partial charge in [-0.25, -0.2) is 4.98 Å². The number of carbonyl (C=O) groups is 1. The molecule has 2 aromatic rings. The van der Waals surface area contributed by atoms with Gasteiger partial charge in [0.1, 0.15) is 0 Å². The number of rotatable bonds is 8. The lowest BCUT2D eigenvalue weighted by Gasteiger charge is -2.26. The summed E-state index contributed by atoms with van der Waals surface area (Å²) in [6.45, 7) is 9.83. The number of hydrogen-bond acceptors (Lipinski definition) is 6. The Kier molecular flexibility index (Phi) is 7.20. The molecule has 7 heteroatoms. The number of thiazole rings is 1. The highest BCUT2D eigenvalue weighted by molar-refractivity contribution is 7.15. The summed E-state index contributed by atoms with van der Waals surface area (Å²) in [7, 11) is 0. The number of ether oxygens (including phenoxy) is 1. The number of benzene rings is 1. The number of nitrogens with one attached hydrogen (secondary N) is 2. The third kappa shape index (κ3) is 6.30. The normalized spacial score (nSPS) is 15.1. The van der Waals surface area contributed by atoms with E-state index < -0.39 is 0 Å². The molecule has 1 fully saturated rings. The van der Waals surface area contributed by atoms with Crippen LogP contribution in [0.25, 0.3) is 0 Å². The van der Waals surface area contributed by atoms with Crippen molar-refractivity contribution in [2.75, 3.05) is 50.0 Å². The number of anilines is 2. The topological polar surface area (TPSA) is 66.5 Å². The molecule has 1 aliphatic heterocycles. The van der Waals surface area contributed by atoms with Crippen molar-refractivity contribution in [1.29, 1.82) is 0 Å². The van der Waals surface area contributed by atoms with Gasteiger partial charge in [-0.2, -0.15) is 0 Å². The first-order valence-electron chi connectivity index (χ1n) is 9.48. The van der Waals surface area contributed by atoms with E-state index >= 15 is 0 Å². The Morgan fingerprint density at radius 2 is 2.00 bits per heavy atom. The Morgan fingerprint density at radius 1 is 1.26 bits per heavy atom. The van der Waals surface area contributed by atoms with Crippen molar-refractivity contribution in [3.63, 3.8) is 0 Å². The van der Waals surface area contributed by atoms with Gasteiger partial charge < -0.3 is 15.4 Å². The molecule has 1 aromatic carbocycles. The fourth-order valence-electron chi connectivity index (χ4n) is 2.88. The number of carbonyl (C=O) groups excluding carboxylic acids is 1. The molecule has 1 saturated heterocycles. The van der Waals surface area contributed by atoms with Crippen molar-refractivity contribution < 1.29 is 9.53 Å². The largest absolute Gasteiger partial charge is 0.384 e. The number of hydrogen-bond donors (Lipinski definition) is 2. The summed E-state index contributed by atoms with van der Waals surface area (Å²) in [4.78, 5) is 20.1. The van der Waals surface area contributed by atoms with E-state index in [9.17, 15) is 4.79 Å². The van der Waals surface area contributed by atoms with Crippen molar-refractivity contribution in [1.82, 2.24) is 9.88 Å². The number of morpholine rings is 1. The second-order valence-electron chi connectivity index (χ2n) is 7.03. The average Bonchev–Trinajstić information content (AvgIpc) is 3.13. The van der Waals surface area contributed by atoms with Crippen LogP contribution < -0.4 is 10.6 Å². The first kappa shape index (κ1) is 19.8. The molecule has 0 saturated carbocycles. The minimum absolute atomic E-state index is 0.0346. The average molecular weight is 389 g/mol. The van der Waals surface area contributed by atoms with Gasteiger partial charge in [-0.15, -0.1) is 11.3 Å². The van der Waals surface area contributed by atoms with Crippen LogP contribution in [0.4, 0.5) is 10.8 Å². The second kappa shape index (κ2) is 9.82. The van der Waals surface area contributed by atoms with Crippen LogP contribution in [0.5, 0.6) is 0 Å². The lowest BCUT2D eigenvalue weighted by molar-refractivity contribution is -0.115. The van der Waals surface area contributed by atoms with E-state index in [0.29, 0.717) is 17.5 Å². The van der Waals surface area contributed by atoms with Gasteiger partial charge in [0.15, 0.2) is 5.13 Å². The first-order chi connectivity index (χ1) is 13.1. The summed E-state index contributed by atoms with van der Waals surface area (Å²) in [6.07, 6.45) is 2.19. The maximum absolute atomic E-state index is 12.2. The molecule has 2 N–H and O–H groups in total. The van der Waals surface area contributed by atoms with E-state index in [1.165, 1.54) is 16.2 Å². The van der Waals surface area contributed by atoms with Crippen molar-refractivity contribution >= 4 is 28.1 Å². The Hall–Kier alpha value is -1.96. The van der Waals surface area contributed by atoms with Crippen LogP contribution in [0, 0.1) is 0 Å². The van der Waals surface area contributed by atoms with E-state index in [1.807, 2.05) is 30.5 Å². The van der Waals surface area contributed by atoms with Crippen LogP contribution in [0.15, 0.2) is 30.5 Å². The van der Waals surface area contributed by atoms with Crippen molar-refractivity contribution in [3.05, 3.63) is 40.9 Å². The molecule has 146 valence electrons. The molecule has 1 aromatic heterocycles. The summed E-state index contributed by atoms with van der Waals surface area (Å²) >= 11 is 1.54. The summed E-state index contributed by atoms with van der Waals surface area (Å²) in [5.74, 6) is 0.393. The van der Waals surface area contributed by atoms with E-state index in [4.69, 9.17) is 4.74 Å². The third-order valence-electron chi connectivity index (χ3n) is 4.52. The number of aromatic nitrogens is 1. The minimum atomic E-state index is -0.0346. The summed E-state index contributed by atoms with van der Waals surface area (Å²) in [5, 5.41) is 6.99. The van der Waals surface area contributed by atoms with Gasteiger partial charge in [0.05, 0.1) is 19.6 Å². The minimum Gasteiger partial charge on any atom is -0.384 e. The van der Waals surface area contributed by atoms with Crippen LogP contribution in [0.1, 0.15) is 30.2 Å². The van der Waals surface area contributed by atoms with Crippen LogP contribution in [-0.4, -0.2) is 55.2 Å². The third-order valence-corrected chi connectivity index (χ3v) is 5.73. The van der Waals surface area contributed by atoms with Gasteiger partial charge in [-0.05, 0) is 23.6 Å². The zero-order valence-electron chi connectivity index (χ0n) is 16.0. The number of nitrogens with zero attached hydrogens (tertiary/aromatic N) is 2. The van der Waals surface area contributed by atoms with Gasteiger partial charge >= 0.3 is 0 Å². The molecule has 3 rings (SSSR count). The summed E-state index contributed by atoms with van der Waals surface area (Å²) in [5.41, 5.74) is 2.07. The first-order valence-corrected chi connectivity index (χ1v) is 10.3. The van der Waals surface area contributed by atoms with Crippen LogP contribution in [0.2, 0.25) is 0 Å². The molecule has 1 amide bonds. The van der Waals surface area contributed by atoms with Gasteiger partial charge in [0.2, 0.25) is 5.91 Å². The molecule has 2 heterocycles. The molecular weight excluding hydrogens is 360 g/mol. The Labute approximate surface area is 164 Å². The Bertz CT molecular complexity index is 724. The lowest BCUT2D eigenvalue weighted by Crippen LogP contribution is -2.38. The quantitative estimate of drug-likeness (QED) is 0.727.